The van der Waals surface area contributed by atoms with E-state index in [1.165, 1.54) is 47.1 Å². The molecule has 6 rings (SSSR count). The van der Waals surface area contributed by atoms with E-state index < -0.39 is 283 Å². The Bertz CT molecular complexity index is 5400. The lowest BCUT2D eigenvalue weighted by molar-refractivity contribution is -0.138. The molecule has 37 N–H and O–H groups in total. The number of para-hydroxylation sites is 2. The van der Waals surface area contributed by atoms with Crippen molar-refractivity contribution in [2.45, 2.75) is 274 Å². The van der Waals surface area contributed by atoms with Gasteiger partial charge in [-0.15, -0.1) is 0 Å². The number of hydrogen-bond donors (Lipinski definition) is 32. The monoisotopic (exact) mass is 2110 g/mol. The highest BCUT2D eigenvalue weighted by Gasteiger charge is 2.40. The van der Waals surface area contributed by atoms with Gasteiger partial charge in [0.1, 0.15) is 103 Å². The number of benzene rings is 2. The van der Waals surface area contributed by atoms with Crippen LogP contribution in [0.15, 0.2) is 73.4 Å². The first-order valence-corrected chi connectivity index (χ1v) is 51.2. The molecule has 0 bridgehead atoms. The summed E-state index contributed by atoms with van der Waals surface area (Å²) in [6.45, 7) is 9.66. The zero-order valence-corrected chi connectivity index (χ0v) is 85.5. The predicted octanol–water partition coefficient (Wildman–Crippen LogP) is -6.77. The Balaban J connectivity index is 1.50. The van der Waals surface area contributed by atoms with Crippen LogP contribution in [0.2, 0.25) is 0 Å². The molecule has 53 nitrogen and oxygen atoms in total. The van der Waals surface area contributed by atoms with Crippen LogP contribution in [0.4, 0.5) is 0 Å². The zero-order chi connectivity index (χ0) is 109. The Morgan fingerprint density at radius 2 is 0.899 bits per heavy atom. The quantitative estimate of drug-likeness (QED) is 0.00746. The number of aliphatic hydroxyl groups excluding tert-OH is 1. The van der Waals surface area contributed by atoms with Gasteiger partial charge in [-0.3, -0.25) is 107 Å². The average Bonchev–Trinajstić information content (AvgIpc) is 1.68. The molecule has 17 atom stereocenters. The molecular formula is C93H143N31O22S2. The van der Waals surface area contributed by atoms with E-state index in [-0.39, 0.29) is 96.0 Å². The summed E-state index contributed by atoms with van der Waals surface area (Å²) in [5.74, 6) is -23.1. The van der Waals surface area contributed by atoms with E-state index in [1.807, 2.05) is 0 Å². The molecule has 1 fully saturated rings. The van der Waals surface area contributed by atoms with E-state index in [9.17, 15) is 63.0 Å². The molecule has 148 heavy (non-hydrogen) atoms. The molecule has 0 spiro atoms. The summed E-state index contributed by atoms with van der Waals surface area (Å²) >= 11 is 0. The lowest BCUT2D eigenvalue weighted by atomic mass is 10.00. The summed E-state index contributed by atoms with van der Waals surface area (Å²) < 4.78 is 0. The third-order valence-electron chi connectivity index (χ3n) is 23.5. The molecule has 814 valence electrons. The van der Waals surface area contributed by atoms with Gasteiger partial charge in [-0.05, 0) is 167 Å². The minimum Gasteiger partial charge on any atom is -0.481 e. The van der Waals surface area contributed by atoms with Crippen LogP contribution in [0, 0.1) is 16.7 Å². The summed E-state index contributed by atoms with van der Waals surface area (Å²) in [4.78, 5) is 300. The Morgan fingerprint density at radius 1 is 0.459 bits per heavy atom. The Hall–Kier alpha value is -14.7. The summed E-state index contributed by atoms with van der Waals surface area (Å²) in [5, 5.41) is 88.4. The summed E-state index contributed by atoms with van der Waals surface area (Å²) in [5.41, 5.74) is 30.5. The number of nitrogens with two attached hydrogens (primary N) is 5. The lowest BCUT2D eigenvalue weighted by Crippen LogP contribution is -2.61. The molecular weight excluding hydrogens is 1970 g/mol. The molecule has 4 heterocycles. The van der Waals surface area contributed by atoms with Crippen LogP contribution >= 0.6 is 21.6 Å². The molecule has 0 radical (unpaired) electrons. The number of aliphatic hydroxyl groups is 1. The van der Waals surface area contributed by atoms with Crippen LogP contribution in [0.25, 0.3) is 21.8 Å². The number of amides is 19. The number of nitrogens with one attached hydrogen (secondary N) is 25. The SMILES string of the molecule is CC(=O)N[C@H](CCCCN)C(=O)N[C@H](CCCCN)C(=O)NCC(=O)N[C@H](C)C(=O)N[C@@H]1CSSC[C@H](C(=O)N[C@H](C)C(=O)N[C@H](C)C(N)=O)NC(=O)[C@@H](CC(C)C)NC(=O)[C@@H](Cc2c[nH]c3ccccc23)NC(=O)[C@@H](C)NC(=O)[C@@H](Cc2c[nH]c3ccccc23)NC(=O)[C@@H](CCCO)NC(=O)[C@@H](CCCNC(=N)N)NC(=O)[C@@H](Cc2cnc[nH]2)NC(=O)[C@@H](CCCNC(=N)N)NC(=O)[C@@H](C)NC(=O)[C@@H](CCC(=O)O)NC1=O. The first-order valence-electron chi connectivity index (χ1n) is 48.7. The molecule has 0 saturated carbocycles. The number of aliphatic carboxylic acids is 1. The van der Waals surface area contributed by atoms with Gasteiger partial charge >= 0.3 is 5.97 Å². The smallest absolute Gasteiger partial charge is 0.303 e. The number of carbonyl (C=O) groups excluding carboxylic acids is 19. The van der Waals surface area contributed by atoms with Gasteiger partial charge in [0.05, 0.1) is 12.9 Å². The number of fused-ring (bicyclic) bond motifs is 2. The number of rotatable bonds is 44. The van der Waals surface area contributed by atoms with Crippen molar-refractivity contribution in [2.24, 2.45) is 34.6 Å². The van der Waals surface area contributed by atoms with E-state index in [0.29, 0.717) is 76.0 Å². The fourth-order valence-corrected chi connectivity index (χ4v) is 17.6. The maximum Gasteiger partial charge on any atom is 0.303 e. The zero-order valence-electron chi connectivity index (χ0n) is 83.9. The molecule has 1 aliphatic rings. The third kappa shape index (κ3) is 42.4. The molecule has 0 unspecified atom stereocenters. The highest BCUT2D eigenvalue weighted by Crippen LogP contribution is 2.26. The number of carboxylic acid groups (broad SMARTS) is 1. The minimum atomic E-state index is -1.94. The van der Waals surface area contributed by atoms with Gasteiger partial charge in [0.25, 0.3) is 0 Å². The maximum absolute atomic E-state index is 15.4. The highest BCUT2D eigenvalue weighted by molar-refractivity contribution is 8.76. The molecule has 19 amide bonds. The summed E-state index contributed by atoms with van der Waals surface area (Å²) in [6, 6.07) is -13.3. The number of carboxylic acids is 1. The van der Waals surface area contributed by atoms with Crippen molar-refractivity contribution in [3.8, 4) is 0 Å². The van der Waals surface area contributed by atoms with E-state index >= 15 is 43.2 Å². The number of imidazole rings is 1. The molecule has 5 aromatic rings. The predicted molar refractivity (Wildman–Crippen MR) is 547 cm³/mol. The Morgan fingerprint density at radius 3 is 1.39 bits per heavy atom. The van der Waals surface area contributed by atoms with Gasteiger partial charge in [-0.2, -0.15) is 0 Å². The number of carbonyl (C=O) groups is 20. The van der Waals surface area contributed by atoms with Crippen LogP contribution in [-0.4, -0.2) is 314 Å². The van der Waals surface area contributed by atoms with Gasteiger partial charge in [-0.25, -0.2) is 4.98 Å². The van der Waals surface area contributed by atoms with Crippen LogP contribution in [0.5, 0.6) is 0 Å². The van der Waals surface area contributed by atoms with E-state index in [2.05, 4.69) is 126 Å². The van der Waals surface area contributed by atoms with Gasteiger partial charge < -0.3 is 160 Å². The van der Waals surface area contributed by atoms with Crippen LogP contribution < -0.4 is 135 Å². The number of hydrogen-bond acceptors (Lipinski definition) is 28. The van der Waals surface area contributed by atoms with Crippen molar-refractivity contribution < 1.29 is 106 Å². The van der Waals surface area contributed by atoms with E-state index in [4.69, 9.17) is 39.5 Å². The van der Waals surface area contributed by atoms with Crippen molar-refractivity contribution in [1.29, 1.82) is 10.8 Å². The van der Waals surface area contributed by atoms with Crippen molar-refractivity contribution in [3.05, 3.63) is 90.3 Å². The molecule has 2 aromatic carbocycles. The Labute approximate surface area is 861 Å². The first kappa shape index (κ1) is 122. The molecule has 3 aromatic heterocycles. The normalized spacial score (nSPS) is 21.3. The number of aromatic amines is 3. The van der Waals surface area contributed by atoms with Crippen molar-refractivity contribution in [2.75, 3.05) is 50.8 Å². The lowest BCUT2D eigenvalue weighted by Gasteiger charge is -2.28. The number of guanidine groups is 2. The van der Waals surface area contributed by atoms with Crippen LogP contribution in [0.3, 0.4) is 0 Å². The number of unbranched alkanes of at least 4 members (excludes halogenated alkanes) is 2. The second kappa shape index (κ2) is 62.9. The topological polar surface area (TPSA) is 861 Å². The second-order valence-corrected chi connectivity index (χ2v) is 38.7. The van der Waals surface area contributed by atoms with Gasteiger partial charge in [0, 0.05) is 110 Å². The summed E-state index contributed by atoms with van der Waals surface area (Å²) in [6.07, 6.45) is 3.66. The number of H-pyrrole nitrogens is 3. The first-order chi connectivity index (χ1) is 70.3. The van der Waals surface area contributed by atoms with Crippen LogP contribution in [0.1, 0.15) is 169 Å². The minimum absolute atomic E-state index is 0.0247. The summed E-state index contributed by atoms with van der Waals surface area (Å²) in [7, 11) is 1.46. The Kier molecular flexibility index (Phi) is 51.9. The molecule has 1 aliphatic heterocycles. The standard InChI is InChI=1S/C93H143N31O22S2/c1-47(2)36-67-87(142)124-71(90(145)112-50(5)76(131)109-48(3)75(96)130)44-147-148-45-72(123-77(132)49(4)108-73(127)43-106-80(135)61(24-13-15-31-94)115-82(137)62(113-53(8)126)25-14-16-32-95)91(146)118-66(29-30-74(128)129)81(136)110-51(6)78(133)114-63(26-17-33-102-92(97)98)84(139)122-70(39-56-42-101-46-107-56)89(144)117-64(27-18-34-103-93(99)100)83(138)116-65(28-19-35-125)85(140)121-68(37-54-40-104-59-22-11-9-20-57(54)59)86(141)111-52(7)79(134)119-69(88(143)120-67)38-55-41-105-60-23-12-10-21-58(55)60/h9-12,20-23,40-42,46-52,61-72,104-105,125H,13-19,24-39,43-45,94-95H2,1-8H3,(H2,96,130)(H,101,107)(H,106,135)(H,108,127)(H,109,131)(H,110,136)(H,111,141)(H,112,145)(H,113,126)(H,114,133)(H,115,137)(H,116,138)(H,117,144)(H,118,146)(H,119,134)(H,120,143)(H,121,140)(H,122,139)(H,123,132)(H,124,142)(H,128,129)(H4,97,98,102)(H4,99,100,103)/t48-,49-,50-,51-,52-,61-,62-,63-,64-,65-,66-,67-,68-,69-,70-,71-,72-/m1/s1. The van der Waals surface area contributed by atoms with Gasteiger partial charge in [-0.1, -0.05) is 71.8 Å². The average molecular weight is 2110 g/mol. The third-order valence-corrected chi connectivity index (χ3v) is 25.9. The number of nitrogens with zero attached hydrogens (tertiary/aromatic N) is 1. The fraction of sp³-hybridized carbons (Fsp3) is 0.559. The molecule has 55 heteroatoms. The number of primary amides is 1. The van der Waals surface area contributed by atoms with Crippen molar-refractivity contribution >= 4 is 174 Å². The van der Waals surface area contributed by atoms with E-state index in [0.717, 1.165) is 17.7 Å². The van der Waals surface area contributed by atoms with Gasteiger partial charge in [0.2, 0.25) is 112 Å². The second-order valence-electron chi connectivity index (χ2n) is 36.2. The maximum atomic E-state index is 15.4. The van der Waals surface area contributed by atoms with Crippen LogP contribution in [-0.2, 0) is 115 Å². The number of aromatic nitrogens is 4. The van der Waals surface area contributed by atoms with Crippen molar-refractivity contribution in [1.82, 2.24) is 126 Å². The van der Waals surface area contributed by atoms with Crippen molar-refractivity contribution in [3.63, 3.8) is 0 Å². The van der Waals surface area contributed by atoms with Gasteiger partial charge in [0.15, 0.2) is 11.9 Å². The highest BCUT2D eigenvalue weighted by atomic mass is 33.1. The van der Waals surface area contributed by atoms with E-state index in [1.54, 1.807) is 74.8 Å². The molecule has 0 aliphatic carbocycles. The largest absolute Gasteiger partial charge is 0.481 e. The molecule has 1 saturated heterocycles. The fourth-order valence-electron chi connectivity index (χ4n) is 15.3.